The minimum atomic E-state index is -0.995. The number of nitrogens with zero attached hydrogens (tertiary/aromatic N) is 1. The van der Waals surface area contributed by atoms with Gasteiger partial charge < -0.3 is 19.5 Å². The molecule has 0 spiro atoms. The lowest BCUT2D eigenvalue weighted by molar-refractivity contribution is -0.136. The Bertz CT molecular complexity index is 1420. The highest BCUT2D eigenvalue weighted by atomic mass is 32.1. The highest BCUT2D eigenvalue weighted by molar-refractivity contribution is 7.17. The van der Waals surface area contributed by atoms with E-state index >= 15 is 0 Å². The number of thiophene rings is 1. The zero-order valence-corrected chi connectivity index (χ0v) is 21.9. The van der Waals surface area contributed by atoms with Gasteiger partial charge in [0.25, 0.3) is 0 Å². The van der Waals surface area contributed by atoms with Crippen molar-refractivity contribution in [3.8, 4) is 11.5 Å². The first-order valence-corrected chi connectivity index (χ1v) is 12.6. The number of rotatable bonds is 8. The van der Waals surface area contributed by atoms with Gasteiger partial charge in [0, 0.05) is 16.0 Å². The summed E-state index contributed by atoms with van der Waals surface area (Å²) < 4.78 is 29.8. The molecule has 0 radical (unpaired) electrons. The summed E-state index contributed by atoms with van der Waals surface area (Å²) >= 11 is 1.27. The molecule has 198 valence electrons. The number of hydrazone groups is 1. The fourth-order valence-electron chi connectivity index (χ4n) is 4.00. The molecule has 38 heavy (non-hydrogen) atoms. The molecule has 2 aromatic carbocycles. The number of carbonyl (C=O) groups excluding carboxylic acids is 3. The monoisotopic (exact) mass is 539 g/mol. The largest absolute Gasteiger partial charge is 0.493 e. The van der Waals surface area contributed by atoms with Crippen molar-refractivity contribution in [1.29, 1.82) is 0 Å². The average molecular weight is 540 g/mol. The van der Waals surface area contributed by atoms with Crippen LogP contribution in [0.2, 0.25) is 0 Å². The Morgan fingerprint density at radius 1 is 1.05 bits per heavy atom. The van der Waals surface area contributed by atoms with E-state index in [1.54, 1.807) is 43.3 Å². The zero-order valence-electron chi connectivity index (χ0n) is 21.1. The number of methoxy groups -OCH3 is 2. The molecule has 0 bridgehead atoms. The summed E-state index contributed by atoms with van der Waals surface area (Å²) in [6.45, 7) is 1.66. The van der Waals surface area contributed by atoms with E-state index in [4.69, 9.17) is 14.2 Å². The number of amides is 2. The Morgan fingerprint density at radius 2 is 1.84 bits per heavy atom. The lowest BCUT2D eigenvalue weighted by Crippen LogP contribution is -2.33. The Balaban J connectivity index is 1.41. The fourth-order valence-corrected chi connectivity index (χ4v) is 5.28. The van der Waals surface area contributed by atoms with E-state index in [1.807, 2.05) is 0 Å². The first kappa shape index (κ1) is 26.8. The molecule has 0 atom stereocenters. The summed E-state index contributed by atoms with van der Waals surface area (Å²) in [7, 11) is 2.74. The van der Waals surface area contributed by atoms with Crippen LogP contribution in [0.5, 0.6) is 11.5 Å². The van der Waals surface area contributed by atoms with Crippen LogP contribution in [-0.4, -0.2) is 37.7 Å². The van der Waals surface area contributed by atoms with Gasteiger partial charge in [-0.2, -0.15) is 5.10 Å². The Labute approximate surface area is 222 Å². The molecule has 2 N–H and O–H groups in total. The van der Waals surface area contributed by atoms with Crippen LogP contribution in [0, 0.1) is 5.82 Å². The molecule has 0 saturated carbocycles. The molecule has 1 aliphatic carbocycles. The third kappa shape index (κ3) is 5.83. The summed E-state index contributed by atoms with van der Waals surface area (Å²) in [5.41, 5.74) is 4.80. The molecule has 4 rings (SSSR count). The maximum Gasteiger partial charge on any atom is 0.341 e. The molecular formula is C27H26FN3O6S. The standard InChI is InChI=1S/C27H26FN3O6S/c1-15(16-11-12-20(21(13-16)35-2)37-14-17-7-4-5-9-19(17)28)30-31-25(33)24(32)29-26-23(27(34)36-3)18-8-6-10-22(18)38-26/h4-5,7,9,11-13H,6,8,10,14H2,1-3H3,(H,29,32)(H,31,33)/b30-15+. The lowest BCUT2D eigenvalue weighted by Gasteiger charge is -2.13. The van der Waals surface area contributed by atoms with Gasteiger partial charge in [0.2, 0.25) is 0 Å². The van der Waals surface area contributed by atoms with Gasteiger partial charge in [-0.15, -0.1) is 11.3 Å². The van der Waals surface area contributed by atoms with Gasteiger partial charge in [0.05, 0.1) is 25.5 Å². The highest BCUT2D eigenvalue weighted by Gasteiger charge is 2.29. The minimum Gasteiger partial charge on any atom is -0.493 e. The number of anilines is 1. The maximum absolute atomic E-state index is 13.9. The molecule has 9 nitrogen and oxygen atoms in total. The smallest absolute Gasteiger partial charge is 0.341 e. The summed E-state index contributed by atoms with van der Waals surface area (Å²) in [6, 6.07) is 11.3. The predicted octanol–water partition coefficient (Wildman–Crippen LogP) is 4.23. The topological polar surface area (TPSA) is 115 Å². The van der Waals surface area contributed by atoms with Gasteiger partial charge >= 0.3 is 17.8 Å². The normalized spacial score (nSPS) is 12.5. The maximum atomic E-state index is 13.9. The number of hydrogen-bond acceptors (Lipinski definition) is 8. The van der Waals surface area contributed by atoms with Crippen molar-refractivity contribution in [2.24, 2.45) is 5.10 Å². The van der Waals surface area contributed by atoms with Crippen LogP contribution in [0.1, 0.15) is 45.3 Å². The molecule has 0 fully saturated rings. The predicted molar refractivity (Wildman–Crippen MR) is 140 cm³/mol. The number of fused-ring (bicyclic) bond motifs is 1. The number of carbonyl (C=O) groups is 3. The van der Waals surface area contributed by atoms with Gasteiger partial charge in [0.15, 0.2) is 11.5 Å². The second kappa shape index (κ2) is 11.9. The number of halogens is 1. The number of esters is 1. The van der Waals surface area contributed by atoms with Crippen LogP contribution in [0.15, 0.2) is 47.6 Å². The van der Waals surface area contributed by atoms with Gasteiger partial charge in [-0.3, -0.25) is 9.59 Å². The van der Waals surface area contributed by atoms with E-state index < -0.39 is 17.8 Å². The van der Waals surface area contributed by atoms with E-state index in [9.17, 15) is 18.8 Å². The van der Waals surface area contributed by atoms with Crippen molar-refractivity contribution in [1.82, 2.24) is 5.43 Å². The summed E-state index contributed by atoms with van der Waals surface area (Å²) in [5, 5.41) is 6.81. The number of benzene rings is 2. The molecular weight excluding hydrogens is 513 g/mol. The first-order chi connectivity index (χ1) is 18.3. The summed E-state index contributed by atoms with van der Waals surface area (Å²) in [6.07, 6.45) is 2.46. The second-order valence-electron chi connectivity index (χ2n) is 8.39. The van der Waals surface area contributed by atoms with E-state index in [0.29, 0.717) is 33.9 Å². The molecule has 1 heterocycles. The zero-order chi connectivity index (χ0) is 27.2. The van der Waals surface area contributed by atoms with Crippen LogP contribution in [-0.2, 0) is 33.8 Å². The number of aryl methyl sites for hydroxylation is 1. The lowest BCUT2D eigenvalue weighted by atomic mass is 10.1. The number of hydrogen-bond donors (Lipinski definition) is 2. The van der Waals surface area contributed by atoms with Gasteiger partial charge in [0.1, 0.15) is 17.4 Å². The summed E-state index contributed by atoms with van der Waals surface area (Å²) in [4.78, 5) is 38.2. The van der Waals surface area contributed by atoms with Crippen LogP contribution in [0.3, 0.4) is 0 Å². The van der Waals surface area contributed by atoms with Crippen molar-refractivity contribution in [3.63, 3.8) is 0 Å². The Morgan fingerprint density at radius 3 is 2.58 bits per heavy atom. The molecule has 0 saturated heterocycles. The molecule has 11 heteroatoms. The van der Waals surface area contributed by atoms with Crippen molar-refractivity contribution in [2.75, 3.05) is 19.5 Å². The Hall–Kier alpha value is -4.25. The van der Waals surface area contributed by atoms with Crippen LogP contribution >= 0.6 is 11.3 Å². The van der Waals surface area contributed by atoms with Crippen LogP contribution in [0.25, 0.3) is 0 Å². The van der Waals surface area contributed by atoms with Crippen LogP contribution in [0.4, 0.5) is 9.39 Å². The van der Waals surface area contributed by atoms with Crippen molar-refractivity contribution in [2.45, 2.75) is 32.8 Å². The summed E-state index contributed by atoms with van der Waals surface area (Å²) in [5.74, 6) is -2.08. The quantitative estimate of drug-likeness (QED) is 0.192. The number of ether oxygens (including phenoxy) is 3. The molecule has 1 aliphatic rings. The average Bonchev–Trinajstić information content (AvgIpc) is 3.51. The first-order valence-electron chi connectivity index (χ1n) is 11.8. The third-order valence-electron chi connectivity index (χ3n) is 5.99. The Kier molecular flexibility index (Phi) is 8.37. The number of nitrogens with one attached hydrogen (secondary N) is 2. The van der Waals surface area contributed by atoms with Gasteiger partial charge in [-0.05, 0) is 56.0 Å². The van der Waals surface area contributed by atoms with E-state index in [0.717, 1.165) is 29.7 Å². The van der Waals surface area contributed by atoms with Crippen LogP contribution < -0.4 is 20.2 Å². The van der Waals surface area contributed by atoms with E-state index in [2.05, 4.69) is 15.8 Å². The SMILES string of the molecule is COC(=O)c1c(NC(=O)C(=O)N/N=C(\C)c2ccc(OCc3ccccc3F)c(OC)c2)sc2c1CCC2. The molecule has 2 amide bonds. The minimum absolute atomic E-state index is 0.0194. The fraction of sp³-hybridized carbons (Fsp3) is 0.259. The third-order valence-corrected chi connectivity index (χ3v) is 7.20. The molecule has 0 unspecified atom stereocenters. The molecule has 1 aromatic heterocycles. The highest BCUT2D eigenvalue weighted by Crippen LogP contribution is 2.39. The van der Waals surface area contributed by atoms with Crippen molar-refractivity contribution < 1.29 is 33.0 Å². The molecule has 0 aliphatic heterocycles. The molecule has 3 aromatic rings. The van der Waals surface area contributed by atoms with E-state index in [1.165, 1.54) is 31.6 Å². The second-order valence-corrected chi connectivity index (χ2v) is 9.50. The van der Waals surface area contributed by atoms with Gasteiger partial charge in [-0.1, -0.05) is 18.2 Å². The van der Waals surface area contributed by atoms with Gasteiger partial charge in [-0.25, -0.2) is 14.6 Å². The van der Waals surface area contributed by atoms with E-state index in [-0.39, 0.29) is 17.4 Å². The van der Waals surface area contributed by atoms with Crippen molar-refractivity contribution in [3.05, 3.63) is 75.4 Å². The van der Waals surface area contributed by atoms with Crippen molar-refractivity contribution >= 4 is 39.8 Å².